The van der Waals surface area contributed by atoms with Crippen molar-refractivity contribution in [2.24, 2.45) is 0 Å². The number of aryl methyl sites for hydroxylation is 2. The summed E-state index contributed by atoms with van der Waals surface area (Å²) >= 11 is 0. The maximum atomic E-state index is 12.4. The van der Waals surface area contributed by atoms with E-state index in [2.05, 4.69) is 44.2 Å². The maximum Gasteiger partial charge on any atom is 0.270 e. The molecule has 1 fully saturated rings. The van der Waals surface area contributed by atoms with Crippen molar-refractivity contribution in [2.45, 2.75) is 45.7 Å². The van der Waals surface area contributed by atoms with Gasteiger partial charge in [0.1, 0.15) is 11.5 Å². The Morgan fingerprint density at radius 2 is 1.92 bits per heavy atom. The van der Waals surface area contributed by atoms with Crippen LogP contribution in [0.2, 0.25) is 0 Å². The van der Waals surface area contributed by atoms with Gasteiger partial charge in [-0.05, 0) is 57.9 Å². The van der Waals surface area contributed by atoms with E-state index in [0.29, 0.717) is 11.7 Å². The molecule has 5 heterocycles. The van der Waals surface area contributed by atoms with Gasteiger partial charge < -0.3 is 14.4 Å². The number of carbonyl (C=O) groups is 1. The average Bonchev–Trinajstić information content (AvgIpc) is 3.55. The number of fused-ring (bicyclic) bond motifs is 1. The van der Waals surface area contributed by atoms with Crippen LogP contribution in [0.3, 0.4) is 0 Å². The first-order valence-corrected chi connectivity index (χ1v) is 12.1. The van der Waals surface area contributed by atoms with Crippen LogP contribution >= 0.6 is 0 Å². The Morgan fingerprint density at radius 3 is 2.58 bits per heavy atom. The standard InChI is InChI=1S/C28H26N6O2/c1-16-26(18(3)36-33-16)20-12-25-27(31-14-20)22(15-34(25)17(2)23-6-4-5-11-29-23)19-7-10-24(30-13-19)28(35)32-21-8-9-21/h4-7,10-15,17,21H,8-9H2,1-3H3,(H,32,35)/t17-/m0/s1. The molecule has 0 unspecified atom stereocenters. The molecule has 0 aromatic carbocycles. The average molecular weight is 479 g/mol. The van der Waals surface area contributed by atoms with Crippen LogP contribution in [0.5, 0.6) is 0 Å². The summed E-state index contributed by atoms with van der Waals surface area (Å²) in [6.45, 7) is 5.97. The van der Waals surface area contributed by atoms with E-state index in [1.807, 2.05) is 44.3 Å². The molecule has 0 bridgehead atoms. The molecule has 0 saturated heterocycles. The molecule has 0 spiro atoms. The smallest absolute Gasteiger partial charge is 0.270 e. The summed E-state index contributed by atoms with van der Waals surface area (Å²) in [6.07, 6.45) is 9.59. The predicted molar refractivity (Wildman–Crippen MR) is 136 cm³/mol. The minimum absolute atomic E-state index is 0.0271. The van der Waals surface area contributed by atoms with Crippen LogP contribution in [0.1, 0.15) is 53.4 Å². The number of carbonyl (C=O) groups excluding carboxylic acids is 1. The highest BCUT2D eigenvalue weighted by Crippen LogP contribution is 2.36. The maximum absolute atomic E-state index is 12.4. The Hall–Kier alpha value is -4.33. The number of amides is 1. The van der Waals surface area contributed by atoms with Gasteiger partial charge in [0.25, 0.3) is 5.91 Å². The molecule has 5 aromatic rings. The number of rotatable bonds is 6. The Kier molecular flexibility index (Phi) is 5.36. The Bertz CT molecular complexity index is 1550. The van der Waals surface area contributed by atoms with Crippen LogP contribution in [0, 0.1) is 13.8 Å². The second-order valence-electron chi connectivity index (χ2n) is 9.35. The lowest BCUT2D eigenvalue weighted by atomic mass is 10.0. The Labute approximate surface area is 208 Å². The predicted octanol–water partition coefficient (Wildman–Crippen LogP) is 5.27. The molecule has 180 valence electrons. The van der Waals surface area contributed by atoms with E-state index in [0.717, 1.165) is 63.3 Å². The summed E-state index contributed by atoms with van der Waals surface area (Å²) in [7, 11) is 0. The van der Waals surface area contributed by atoms with Crippen LogP contribution in [-0.2, 0) is 0 Å². The zero-order valence-corrected chi connectivity index (χ0v) is 20.4. The van der Waals surface area contributed by atoms with Gasteiger partial charge in [-0.1, -0.05) is 17.3 Å². The third-order valence-corrected chi connectivity index (χ3v) is 6.74. The second-order valence-corrected chi connectivity index (χ2v) is 9.35. The molecule has 36 heavy (non-hydrogen) atoms. The minimum Gasteiger partial charge on any atom is -0.361 e. The molecule has 8 heteroatoms. The van der Waals surface area contributed by atoms with Gasteiger partial charge in [0.2, 0.25) is 0 Å². The first kappa shape index (κ1) is 22.2. The summed E-state index contributed by atoms with van der Waals surface area (Å²) in [5.41, 5.74) is 7.77. The van der Waals surface area contributed by atoms with Gasteiger partial charge in [-0.25, -0.2) is 0 Å². The molecule has 1 atom stereocenters. The van der Waals surface area contributed by atoms with E-state index in [-0.39, 0.29) is 11.9 Å². The minimum atomic E-state index is -0.127. The van der Waals surface area contributed by atoms with Crippen molar-refractivity contribution in [3.63, 3.8) is 0 Å². The normalized spacial score (nSPS) is 14.2. The van der Waals surface area contributed by atoms with E-state index >= 15 is 0 Å². The fraction of sp³-hybridized carbons (Fsp3) is 0.250. The van der Waals surface area contributed by atoms with Crippen molar-refractivity contribution in [3.8, 4) is 22.3 Å². The first-order chi connectivity index (χ1) is 17.5. The van der Waals surface area contributed by atoms with Crippen molar-refractivity contribution >= 4 is 16.9 Å². The molecule has 5 aromatic heterocycles. The Morgan fingerprint density at radius 1 is 1.08 bits per heavy atom. The molecule has 0 aliphatic heterocycles. The first-order valence-electron chi connectivity index (χ1n) is 12.1. The molecule has 1 aliphatic rings. The molecule has 8 nitrogen and oxygen atoms in total. The van der Waals surface area contributed by atoms with Gasteiger partial charge >= 0.3 is 0 Å². The summed E-state index contributed by atoms with van der Waals surface area (Å²) < 4.78 is 7.60. The van der Waals surface area contributed by atoms with Crippen LogP contribution in [-0.4, -0.2) is 36.6 Å². The molecule has 1 amide bonds. The fourth-order valence-corrected chi connectivity index (χ4v) is 4.63. The van der Waals surface area contributed by atoms with E-state index in [1.54, 1.807) is 18.5 Å². The fourth-order valence-electron chi connectivity index (χ4n) is 4.63. The largest absolute Gasteiger partial charge is 0.361 e. The lowest BCUT2D eigenvalue weighted by Crippen LogP contribution is -2.26. The molecular weight excluding hydrogens is 452 g/mol. The number of nitrogens with one attached hydrogen (secondary N) is 1. The summed E-state index contributed by atoms with van der Waals surface area (Å²) in [6, 6.07) is 12.0. The molecule has 6 rings (SSSR count). The van der Waals surface area contributed by atoms with Gasteiger partial charge in [-0.15, -0.1) is 0 Å². The third-order valence-electron chi connectivity index (χ3n) is 6.74. The molecule has 0 radical (unpaired) electrons. The summed E-state index contributed by atoms with van der Waals surface area (Å²) in [4.78, 5) is 26.3. The number of hydrogen-bond donors (Lipinski definition) is 1. The summed E-state index contributed by atoms with van der Waals surface area (Å²) in [5.74, 6) is 0.631. The number of hydrogen-bond acceptors (Lipinski definition) is 6. The quantitative estimate of drug-likeness (QED) is 0.357. The van der Waals surface area contributed by atoms with E-state index in [1.165, 1.54) is 0 Å². The van der Waals surface area contributed by atoms with Gasteiger partial charge in [-0.3, -0.25) is 19.7 Å². The third kappa shape index (κ3) is 3.94. The van der Waals surface area contributed by atoms with Gasteiger partial charge in [0, 0.05) is 53.1 Å². The van der Waals surface area contributed by atoms with Crippen LogP contribution in [0.15, 0.2) is 65.7 Å². The lowest BCUT2D eigenvalue weighted by molar-refractivity contribution is 0.0946. The van der Waals surface area contributed by atoms with Gasteiger partial charge in [-0.2, -0.15) is 0 Å². The highest BCUT2D eigenvalue weighted by Gasteiger charge is 2.25. The van der Waals surface area contributed by atoms with Crippen LogP contribution in [0.25, 0.3) is 33.3 Å². The highest BCUT2D eigenvalue weighted by atomic mass is 16.5. The lowest BCUT2D eigenvalue weighted by Gasteiger charge is -2.15. The molecular formula is C28H26N6O2. The highest BCUT2D eigenvalue weighted by molar-refractivity contribution is 5.96. The summed E-state index contributed by atoms with van der Waals surface area (Å²) in [5, 5.41) is 7.10. The van der Waals surface area contributed by atoms with Crippen molar-refractivity contribution in [3.05, 3.63) is 84.0 Å². The molecule has 1 saturated carbocycles. The zero-order valence-electron chi connectivity index (χ0n) is 20.4. The van der Waals surface area contributed by atoms with Crippen molar-refractivity contribution in [1.29, 1.82) is 0 Å². The van der Waals surface area contributed by atoms with Crippen molar-refractivity contribution in [2.75, 3.05) is 0 Å². The van der Waals surface area contributed by atoms with E-state index < -0.39 is 0 Å². The number of nitrogens with zero attached hydrogens (tertiary/aromatic N) is 5. The topological polar surface area (TPSA) is 98.7 Å². The van der Waals surface area contributed by atoms with Crippen LogP contribution < -0.4 is 5.32 Å². The van der Waals surface area contributed by atoms with Gasteiger partial charge in [0.05, 0.1) is 28.5 Å². The number of pyridine rings is 3. The monoisotopic (exact) mass is 478 g/mol. The zero-order chi connectivity index (χ0) is 24.8. The van der Waals surface area contributed by atoms with E-state index in [4.69, 9.17) is 9.51 Å². The van der Waals surface area contributed by atoms with Gasteiger partial charge in [0.15, 0.2) is 0 Å². The van der Waals surface area contributed by atoms with E-state index in [9.17, 15) is 4.79 Å². The van der Waals surface area contributed by atoms with Crippen molar-refractivity contribution < 1.29 is 9.32 Å². The molecule has 1 aliphatic carbocycles. The van der Waals surface area contributed by atoms with Crippen LogP contribution in [0.4, 0.5) is 0 Å². The van der Waals surface area contributed by atoms with Crippen molar-refractivity contribution in [1.82, 2.24) is 30.0 Å². The Balaban J connectivity index is 1.47. The second kappa shape index (κ2) is 8.71. The molecule has 1 N–H and O–H groups in total. The number of aromatic nitrogens is 5. The SMILES string of the molecule is Cc1noc(C)c1-c1cnc2c(-c3ccc(C(=O)NC4CC4)nc3)cn([C@@H](C)c3ccccn3)c2c1.